The van der Waals surface area contributed by atoms with Gasteiger partial charge in [0.1, 0.15) is 11.9 Å². The highest BCUT2D eigenvalue weighted by Gasteiger charge is 2.09. The molecule has 0 amide bonds. The summed E-state index contributed by atoms with van der Waals surface area (Å²) in [4.78, 5) is 2.76. The molecule has 0 spiro atoms. The number of hydrogen-bond acceptors (Lipinski definition) is 2. The molecular formula is C9H6FN3. The zero-order chi connectivity index (χ0) is 9.42. The van der Waals surface area contributed by atoms with Gasteiger partial charge in [-0.3, -0.25) is 0 Å². The Kier molecular flexibility index (Phi) is 1.46. The van der Waals surface area contributed by atoms with Crippen LogP contribution in [-0.4, -0.2) is 4.98 Å². The molecule has 4 heteroatoms. The van der Waals surface area contributed by atoms with Gasteiger partial charge in [0, 0.05) is 6.20 Å². The average molecular weight is 175 g/mol. The Labute approximate surface area is 73.6 Å². The second kappa shape index (κ2) is 2.49. The molecular weight excluding hydrogens is 169 g/mol. The maximum Gasteiger partial charge on any atom is 0.134 e. The number of rotatable bonds is 0. The van der Waals surface area contributed by atoms with Crippen LogP contribution in [0.3, 0.4) is 0 Å². The number of nitrogens with two attached hydrogens (primary N) is 1. The third kappa shape index (κ3) is 0.942. The fraction of sp³-hybridized carbons (Fsp3) is 0. The smallest absolute Gasteiger partial charge is 0.134 e. The van der Waals surface area contributed by atoms with E-state index in [2.05, 4.69) is 4.98 Å². The Balaban J connectivity index is 2.98. The second-order valence-electron chi connectivity index (χ2n) is 2.70. The zero-order valence-corrected chi connectivity index (χ0v) is 6.63. The summed E-state index contributed by atoms with van der Waals surface area (Å²) in [5, 5.41) is 8.93. The van der Waals surface area contributed by atoms with Crippen LogP contribution >= 0.6 is 0 Å². The van der Waals surface area contributed by atoms with Gasteiger partial charge in [0.05, 0.1) is 22.2 Å². The monoisotopic (exact) mass is 175 g/mol. The predicted octanol–water partition coefficient (Wildman–Crippen LogP) is 1.76. The van der Waals surface area contributed by atoms with Gasteiger partial charge in [-0.25, -0.2) is 4.39 Å². The average Bonchev–Trinajstić information content (AvgIpc) is 2.56. The van der Waals surface area contributed by atoms with Crippen molar-refractivity contribution in [3.05, 3.63) is 29.7 Å². The lowest BCUT2D eigenvalue weighted by Gasteiger charge is -1.96. The van der Waals surface area contributed by atoms with E-state index in [9.17, 15) is 4.39 Å². The second-order valence-corrected chi connectivity index (χ2v) is 2.70. The van der Waals surface area contributed by atoms with Crippen molar-refractivity contribution in [1.82, 2.24) is 4.98 Å². The van der Waals surface area contributed by atoms with E-state index in [1.807, 2.05) is 6.07 Å². The van der Waals surface area contributed by atoms with E-state index in [1.54, 1.807) is 0 Å². The molecule has 1 aromatic carbocycles. The molecule has 0 unspecified atom stereocenters. The number of nitrogen functional groups attached to an aromatic ring is 1. The van der Waals surface area contributed by atoms with E-state index >= 15 is 0 Å². The lowest BCUT2D eigenvalue weighted by atomic mass is 10.1. The summed E-state index contributed by atoms with van der Waals surface area (Å²) in [6.45, 7) is 0. The highest BCUT2D eigenvalue weighted by Crippen LogP contribution is 2.25. The topological polar surface area (TPSA) is 65.6 Å². The van der Waals surface area contributed by atoms with Crippen molar-refractivity contribution in [2.75, 3.05) is 5.73 Å². The van der Waals surface area contributed by atoms with E-state index in [-0.39, 0.29) is 10.9 Å². The molecule has 0 bridgehead atoms. The summed E-state index contributed by atoms with van der Waals surface area (Å²) in [5.74, 6) is -0.429. The van der Waals surface area contributed by atoms with Gasteiger partial charge in [-0.2, -0.15) is 5.26 Å². The number of fused-ring (bicyclic) bond motifs is 1. The van der Waals surface area contributed by atoms with Crippen LogP contribution in [-0.2, 0) is 0 Å². The van der Waals surface area contributed by atoms with Gasteiger partial charge in [0.25, 0.3) is 0 Å². The molecule has 1 aromatic heterocycles. The summed E-state index contributed by atoms with van der Waals surface area (Å²) < 4.78 is 13.2. The van der Waals surface area contributed by atoms with E-state index in [0.717, 1.165) is 0 Å². The molecule has 1 heterocycles. The number of H-pyrrole nitrogens is 1. The van der Waals surface area contributed by atoms with Gasteiger partial charge in [-0.1, -0.05) is 0 Å². The summed E-state index contributed by atoms with van der Waals surface area (Å²) in [5.41, 5.74) is 6.79. The van der Waals surface area contributed by atoms with Crippen molar-refractivity contribution < 1.29 is 4.39 Å². The van der Waals surface area contributed by atoms with Crippen molar-refractivity contribution >= 4 is 16.6 Å². The van der Waals surface area contributed by atoms with Crippen molar-refractivity contribution in [2.24, 2.45) is 0 Å². The molecule has 3 N–H and O–H groups in total. The Morgan fingerprint density at radius 3 is 2.92 bits per heavy atom. The lowest BCUT2D eigenvalue weighted by Crippen LogP contribution is -1.88. The molecule has 0 aliphatic rings. The first kappa shape index (κ1) is 7.62. The molecule has 0 radical (unpaired) electrons. The third-order valence-electron chi connectivity index (χ3n) is 1.94. The molecule has 3 nitrogen and oxygen atoms in total. The summed E-state index contributed by atoms with van der Waals surface area (Å²) in [6, 6.07) is 4.62. The zero-order valence-electron chi connectivity index (χ0n) is 6.63. The first-order valence-electron chi connectivity index (χ1n) is 3.69. The molecule has 2 aromatic rings. The molecule has 0 aliphatic heterocycles. The number of nitrogens with one attached hydrogen (secondary N) is 1. The van der Waals surface area contributed by atoms with Crippen LogP contribution in [0, 0.1) is 17.1 Å². The third-order valence-corrected chi connectivity index (χ3v) is 1.94. The molecule has 0 saturated heterocycles. The van der Waals surface area contributed by atoms with Crippen molar-refractivity contribution in [2.45, 2.75) is 0 Å². The Bertz CT molecular complexity index is 507. The van der Waals surface area contributed by atoms with Crippen LogP contribution in [0.4, 0.5) is 10.1 Å². The first-order valence-corrected chi connectivity index (χ1v) is 3.69. The van der Waals surface area contributed by atoms with Gasteiger partial charge in [-0.15, -0.1) is 0 Å². The Hall–Kier alpha value is -2.02. The van der Waals surface area contributed by atoms with Crippen LogP contribution in [0.25, 0.3) is 10.9 Å². The van der Waals surface area contributed by atoms with Gasteiger partial charge < -0.3 is 10.7 Å². The van der Waals surface area contributed by atoms with Crippen LogP contribution in [0.2, 0.25) is 0 Å². The maximum absolute atomic E-state index is 13.2. The minimum atomic E-state index is -0.429. The maximum atomic E-state index is 13.2. The first-order chi connectivity index (χ1) is 6.24. The largest absolute Gasteiger partial charge is 0.397 e. The van der Waals surface area contributed by atoms with Crippen molar-refractivity contribution in [1.29, 1.82) is 5.26 Å². The molecule has 64 valence electrons. The summed E-state index contributed by atoms with van der Waals surface area (Å²) >= 11 is 0. The molecule has 13 heavy (non-hydrogen) atoms. The van der Waals surface area contributed by atoms with Gasteiger partial charge >= 0.3 is 0 Å². The quantitative estimate of drug-likeness (QED) is 0.599. The van der Waals surface area contributed by atoms with E-state index < -0.39 is 5.82 Å². The fourth-order valence-corrected chi connectivity index (χ4v) is 1.32. The number of aromatic nitrogens is 1. The summed E-state index contributed by atoms with van der Waals surface area (Å²) in [6.07, 6.45) is 1.45. The SMILES string of the molecule is N#Cc1c[nH]c2c(N)ccc(F)c12. The number of hydrogen-bond donors (Lipinski definition) is 2. The molecule has 2 rings (SSSR count). The Morgan fingerprint density at radius 1 is 1.46 bits per heavy atom. The number of nitrogens with zero attached hydrogens (tertiary/aromatic N) is 1. The summed E-state index contributed by atoms with van der Waals surface area (Å²) in [7, 11) is 0. The number of benzene rings is 1. The van der Waals surface area contributed by atoms with E-state index in [1.165, 1.54) is 18.3 Å². The number of anilines is 1. The number of nitriles is 1. The molecule has 0 aliphatic carbocycles. The molecule has 0 fully saturated rings. The van der Waals surface area contributed by atoms with E-state index in [0.29, 0.717) is 11.2 Å². The van der Waals surface area contributed by atoms with Gasteiger partial charge in [0.2, 0.25) is 0 Å². The highest BCUT2D eigenvalue weighted by molar-refractivity contribution is 5.94. The van der Waals surface area contributed by atoms with Gasteiger partial charge in [0.15, 0.2) is 0 Å². The minimum Gasteiger partial charge on any atom is -0.397 e. The Morgan fingerprint density at radius 2 is 2.23 bits per heavy atom. The van der Waals surface area contributed by atoms with E-state index in [4.69, 9.17) is 11.0 Å². The van der Waals surface area contributed by atoms with Gasteiger partial charge in [-0.05, 0) is 12.1 Å². The minimum absolute atomic E-state index is 0.266. The molecule has 0 atom stereocenters. The molecule has 0 saturated carbocycles. The van der Waals surface area contributed by atoms with Crippen molar-refractivity contribution in [3.8, 4) is 6.07 Å². The predicted molar refractivity (Wildman–Crippen MR) is 47.4 cm³/mol. The highest BCUT2D eigenvalue weighted by atomic mass is 19.1. The normalized spacial score (nSPS) is 10.2. The van der Waals surface area contributed by atoms with Crippen LogP contribution < -0.4 is 5.73 Å². The van der Waals surface area contributed by atoms with Crippen LogP contribution in [0.15, 0.2) is 18.3 Å². The standard InChI is InChI=1S/C9H6FN3/c10-6-1-2-7(12)9-8(6)5(3-11)4-13-9/h1-2,4,13H,12H2. The number of halogens is 1. The van der Waals surface area contributed by atoms with Crippen LogP contribution in [0.1, 0.15) is 5.56 Å². The van der Waals surface area contributed by atoms with Crippen molar-refractivity contribution in [3.63, 3.8) is 0 Å². The van der Waals surface area contributed by atoms with Crippen LogP contribution in [0.5, 0.6) is 0 Å². The number of aromatic amines is 1. The fourth-order valence-electron chi connectivity index (χ4n) is 1.32. The lowest BCUT2D eigenvalue weighted by molar-refractivity contribution is 0.640.